The summed E-state index contributed by atoms with van der Waals surface area (Å²) in [6, 6.07) is 19.8. The first-order valence-electron chi connectivity index (χ1n) is 10.2. The van der Waals surface area contributed by atoms with Gasteiger partial charge in [-0.3, -0.25) is 9.59 Å². The number of amides is 2. The largest absolute Gasteiger partial charge is 0.496 e. The fourth-order valence-electron chi connectivity index (χ4n) is 3.91. The molecule has 2 amide bonds. The summed E-state index contributed by atoms with van der Waals surface area (Å²) < 4.78 is 5.29. The lowest BCUT2D eigenvalue weighted by atomic mass is 10.1. The van der Waals surface area contributed by atoms with E-state index in [-0.39, 0.29) is 12.6 Å². The Bertz CT molecular complexity index is 1050. The van der Waals surface area contributed by atoms with Crippen molar-refractivity contribution in [3.63, 3.8) is 0 Å². The van der Waals surface area contributed by atoms with Crippen molar-refractivity contribution in [3.8, 4) is 5.75 Å². The predicted octanol–water partition coefficient (Wildman–Crippen LogP) is 3.29. The molecule has 6 nitrogen and oxygen atoms in total. The molecular weight excluding hydrogens is 410 g/mol. The van der Waals surface area contributed by atoms with Crippen molar-refractivity contribution in [2.24, 2.45) is 0 Å². The zero-order valence-corrected chi connectivity index (χ0v) is 18.2. The van der Waals surface area contributed by atoms with Gasteiger partial charge < -0.3 is 20.3 Å². The van der Waals surface area contributed by atoms with Crippen LogP contribution in [-0.4, -0.2) is 32.0 Å². The van der Waals surface area contributed by atoms with Crippen LogP contribution in [0.5, 0.6) is 5.75 Å². The van der Waals surface area contributed by atoms with Crippen LogP contribution in [-0.2, 0) is 22.6 Å². The summed E-state index contributed by atoms with van der Waals surface area (Å²) in [4.78, 5) is 28.3. The van der Waals surface area contributed by atoms with Gasteiger partial charge in [0.2, 0.25) is 0 Å². The van der Waals surface area contributed by atoms with Crippen molar-refractivity contribution >= 4 is 28.8 Å². The van der Waals surface area contributed by atoms with Gasteiger partial charge in [0, 0.05) is 35.8 Å². The molecule has 0 bridgehead atoms. The minimum Gasteiger partial charge on any atom is -0.496 e. The highest BCUT2D eigenvalue weighted by atomic mass is 32.1. The van der Waals surface area contributed by atoms with E-state index >= 15 is 0 Å². The van der Waals surface area contributed by atoms with Crippen LogP contribution in [0.3, 0.4) is 0 Å². The van der Waals surface area contributed by atoms with Crippen LogP contribution in [0, 0.1) is 0 Å². The topological polar surface area (TPSA) is 70.7 Å². The molecule has 4 rings (SSSR count). The number of thiophene rings is 1. The van der Waals surface area contributed by atoms with E-state index in [0.717, 1.165) is 23.4 Å². The summed E-state index contributed by atoms with van der Waals surface area (Å²) in [6.45, 7) is 1.47. The lowest BCUT2D eigenvalue weighted by Crippen LogP contribution is -2.43. The average Bonchev–Trinajstić information content (AvgIpc) is 3.48. The highest BCUT2D eigenvalue weighted by molar-refractivity contribution is 7.10. The fraction of sp³-hybridized carbons (Fsp3) is 0.250. The molecule has 0 fully saturated rings. The summed E-state index contributed by atoms with van der Waals surface area (Å²) in [7, 11) is 1.58. The number of rotatable bonds is 7. The molecule has 1 unspecified atom stereocenters. The molecule has 0 spiro atoms. The third kappa shape index (κ3) is 4.72. The van der Waals surface area contributed by atoms with Gasteiger partial charge in [0.1, 0.15) is 5.75 Å². The van der Waals surface area contributed by atoms with Crippen LogP contribution in [0.15, 0.2) is 66.0 Å². The maximum Gasteiger partial charge on any atom is 0.309 e. The fourth-order valence-corrected chi connectivity index (χ4v) is 4.75. The Morgan fingerprint density at radius 3 is 2.61 bits per heavy atom. The van der Waals surface area contributed by atoms with Gasteiger partial charge >= 0.3 is 11.8 Å². The van der Waals surface area contributed by atoms with Gasteiger partial charge in [0.25, 0.3) is 0 Å². The van der Waals surface area contributed by atoms with E-state index in [1.54, 1.807) is 18.4 Å². The van der Waals surface area contributed by atoms with E-state index in [0.29, 0.717) is 12.3 Å². The van der Waals surface area contributed by atoms with Crippen LogP contribution >= 0.6 is 11.3 Å². The first-order chi connectivity index (χ1) is 15.2. The molecule has 1 aromatic heterocycles. The number of anilines is 1. The number of para-hydroxylation sites is 2. The number of ether oxygens (including phenoxy) is 1. The van der Waals surface area contributed by atoms with Gasteiger partial charge in [-0.05, 0) is 35.6 Å². The van der Waals surface area contributed by atoms with Gasteiger partial charge in [-0.25, -0.2) is 0 Å². The predicted molar refractivity (Wildman–Crippen MR) is 122 cm³/mol. The third-order valence-electron chi connectivity index (χ3n) is 5.47. The maximum atomic E-state index is 12.5. The van der Waals surface area contributed by atoms with Gasteiger partial charge in [0.15, 0.2) is 0 Å². The summed E-state index contributed by atoms with van der Waals surface area (Å²) in [6.07, 6.45) is 0.978. The molecule has 160 valence electrons. The molecule has 0 aliphatic carbocycles. The van der Waals surface area contributed by atoms with Crippen molar-refractivity contribution in [1.29, 1.82) is 0 Å². The first-order valence-corrected chi connectivity index (χ1v) is 11.1. The Kier molecular flexibility index (Phi) is 6.52. The van der Waals surface area contributed by atoms with Crippen molar-refractivity contribution in [2.75, 3.05) is 25.1 Å². The van der Waals surface area contributed by atoms with Crippen LogP contribution in [0.25, 0.3) is 0 Å². The van der Waals surface area contributed by atoms with Crippen molar-refractivity contribution in [3.05, 3.63) is 82.0 Å². The minimum atomic E-state index is -0.655. The highest BCUT2D eigenvalue weighted by Crippen LogP contribution is 2.36. The summed E-state index contributed by atoms with van der Waals surface area (Å²) in [5.41, 5.74) is 3.32. The van der Waals surface area contributed by atoms with Crippen LogP contribution < -0.4 is 20.3 Å². The quantitative estimate of drug-likeness (QED) is 0.559. The summed E-state index contributed by atoms with van der Waals surface area (Å²) in [5, 5.41) is 7.54. The zero-order valence-electron chi connectivity index (χ0n) is 17.3. The number of carbonyl (C=O) groups excluding carboxylic acids is 2. The minimum absolute atomic E-state index is 0.0189. The normalized spacial score (nSPS) is 13.4. The SMILES string of the molecule is COc1ccccc1CNC(=O)C(=O)NCC(c1cccs1)N1CCc2ccccc21. The molecule has 2 aromatic carbocycles. The Morgan fingerprint density at radius 1 is 1.03 bits per heavy atom. The Balaban J connectivity index is 1.39. The standard InChI is InChI=1S/C24H25N3O3S/c1-30-21-10-5-3-8-18(21)15-25-23(28)24(29)26-16-20(22-11-6-14-31-22)27-13-12-17-7-2-4-9-19(17)27/h2-11,14,20H,12-13,15-16H2,1H3,(H,25,28)(H,26,29). The molecule has 1 aliphatic rings. The van der Waals surface area contributed by atoms with Crippen molar-refractivity contribution < 1.29 is 14.3 Å². The molecule has 0 radical (unpaired) electrons. The summed E-state index contributed by atoms with van der Waals surface area (Å²) >= 11 is 1.66. The van der Waals surface area contributed by atoms with Gasteiger partial charge in [-0.1, -0.05) is 42.5 Å². The third-order valence-corrected chi connectivity index (χ3v) is 6.44. The number of benzene rings is 2. The second-order valence-electron chi connectivity index (χ2n) is 7.31. The van der Waals surface area contributed by atoms with E-state index in [4.69, 9.17) is 4.74 Å². The number of hydrogen-bond donors (Lipinski definition) is 2. The molecular formula is C24H25N3O3S. The Labute approximate surface area is 185 Å². The van der Waals surface area contributed by atoms with Gasteiger partial charge in [0.05, 0.1) is 13.2 Å². The number of carbonyl (C=O) groups is 2. The number of nitrogens with one attached hydrogen (secondary N) is 2. The van der Waals surface area contributed by atoms with E-state index in [2.05, 4.69) is 39.8 Å². The van der Waals surface area contributed by atoms with Crippen molar-refractivity contribution in [2.45, 2.75) is 19.0 Å². The van der Waals surface area contributed by atoms with Gasteiger partial charge in [-0.15, -0.1) is 11.3 Å². The highest BCUT2D eigenvalue weighted by Gasteiger charge is 2.28. The van der Waals surface area contributed by atoms with E-state index < -0.39 is 11.8 Å². The zero-order chi connectivity index (χ0) is 21.6. The van der Waals surface area contributed by atoms with Crippen LogP contribution in [0.2, 0.25) is 0 Å². The van der Waals surface area contributed by atoms with Crippen LogP contribution in [0.4, 0.5) is 5.69 Å². The van der Waals surface area contributed by atoms with Crippen LogP contribution in [0.1, 0.15) is 22.0 Å². The van der Waals surface area contributed by atoms with E-state index in [9.17, 15) is 9.59 Å². The second kappa shape index (κ2) is 9.66. The first kappa shape index (κ1) is 20.9. The lowest BCUT2D eigenvalue weighted by molar-refractivity contribution is -0.139. The molecule has 1 atom stereocenters. The second-order valence-corrected chi connectivity index (χ2v) is 8.29. The number of nitrogens with zero attached hydrogens (tertiary/aromatic N) is 1. The molecule has 31 heavy (non-hydrogen) atoms. The molecule has 7 heteroatoms. The monoisotopic (exact) mass is 435 g/mol. The molecule has 1 aliphatic heterocycles. The van der Waals surface area contributed by atoms with Crippen molar-refractivity contribution in [1.82, 2.24) is 10.6 Å². The number of methoxy groups -OCH3 is 1. The molecule has 2 N–H and O–H groups in total. The molecule has 0 saturated heterocycles. The lowest BCUT2D eigenvalue weighted by Gasteiger charge is -2.30. The Hall–Kier alpha value is -3.32. The average molecular weight is 436 g/mol. The Morgan fingerprint density at radius 2 is 1.81 bits per heavy atom. The smallest absolute Gasteiger partial charge is 0.309 e. The number of fused-ring (bicyclic) bond motifs is 1. The maximum absolute atomic E-state index is 12.5. The molecule has 3 aromatic rings. The number of hydrogen-bond acceptors (Lipinski definition) is 5. The van der Waals surface area contributed by atoms with E-state index in [1.165, 1.54) is 11.3 Å². The molecule has 2 heterocycles. The summed E-state index contributed by atoms with van der Waals surface area (Å²) in [5.74, 6) is -0.615. The van der Waals surface area contributed by atoms with E-state index in [1.807, 2.05) is 41.8 Å². The molecule has 0 saturated carbocycles. The van der Waals surface area contributed by atoms with Gasteiger partial charge in [-0.2, -0.15) is 0 Å².